The van der Waals surface area contributed by atoms with Crippen LogP contribution in [0.25, 0.3) is 0 Å². The standard InChI is InChI=1S/C21H25NO5/c1-25-19-10-9-14(11-20(19)26-2)12-22-21(24)13-27-18-8-4-5-15-16(18)6-3-7-17(15)23/h4-5,8-11,17,23H,3,6-7,12-13H2,1-2H3,(H,22,24)/t17-/m0/s1. The van der Waals surface area contributed by atoms with Crippen molar-refractivity contribution in [3.63, 3.8) is 0 Å². The van der Waals surface area contributed by atoms with Gasteiger partial charge in [-0.1, -0.05) is 18.2 Å². The average Bonchev–Trinajstić information content (AvgIpc) is 2.70. The largest absolute Gasteiger partial charge is 0.493 e. The van der Waals surface area contributed by atoms with Crippen molar-refractivity contribution in [2.45, 2.75) is 31.9 Å². The summed E-state index contributed by atoms with van der Waals surface area (Å²) in [4.78, 5) is 12.2. The highest BCUT2D eigenvalue weighted by atomic mass is 16.5. The monoisotopic (exact) mass is 371 g/mol. The molecule has 27 heavy (non-hydrogen) atoms. The van der Waals surface area contributed by atoms with Crippen LogP contribution >= 0.6 is 0 Å². The molecule has 0 saturated carbocycles. The van der Waals surface area contributed by atoms with E-state index in [4.69, 9.17) is 14.2 Å². The molecule has 0 fully saturated rings. The molecule has 2 aromatic rings. The Morgan fingerprint density at radius 3 is 2.74 bits per heavy atom. The van der Waals surface area contributed by atoms with E-state index in [1.807, 2.05) is 30.3 Å². The number of carbonyl (C=O) groups is 1. The van der Waals surface area contributed by atoms with Gasteiger partial charge in [-0.05, 0) is 54.2 Å². The minimum atomic E-state index is -0.448. The minimum absolute atomic E-state index is 0.0696. The third-order valence-corrected chi connectivity index (χ3v) is 4.73. The van der Waals surface area contributed by atoms with E-state index in [-0.39, 0.29) is 12.5 Å². The fourth-order valence-electron chi connectivity index (χ4n) is 3.31. The number of ether oxygens (including phenoxy) is 3. The van der Waals surface area contributed by atoms with Crippen molar-refractivity contribution in [2.75, 3.05) is 20.8 Å². The summed E-state index contributed by atoms with van der Waals surface area (Å²) in [6, 6.07) is 11.1. The first-order valence-corrected chi connectivity index (χ1v) is 9.02. The van der Waals surface area contributed by atoms with Crippen molar-refractivity contribution in [2.24, 2.45) is 0 Å². The van der Waals surface area contributed by atoms with Crippen LogP contribution in [-0.2, 0) is 17.8 Å². The van der Waals surface area contributed by atoms with Crippen molar-refractivity contribution in [3.8, 4) is 17.2 Å². The second-order valence-electron chi connectivity index (χ2n) is 6.49. The summed E-state index contributed by atoms with van der Waals surface area (Å²) >= 11 is 0. The molecule has 1 aliphatic carbocycles. The fraction of sp³-hybridized carbons (Fsp3) is 0.381. The summed E-state index contributed by atoms with van der Waals surface area (Å²) in [5.74, 6) is 1.73. The zero-order valence-corrected chi connectivity index (χ0v) is 15.7. The lowest BCUT2D eigenvalue weighted by molar-refractivity contribution is -0.123. The third-order valence-electron chi connectivity index (χ3n) is 4.73. The maximum absolute atomic E-state index is 12.2. The molecule has 6 nitrogen and oxygen atoms in total. The van der Waals surface area contributed by atoms with E-state index < -0.39 is 6.10 Å². The van der Waals surface area contributed by atoms with Gasteiger partial charge in [0.2, 0.25) is 0 Å². The lowest BCUT2D eigenvalue weighted by Gasteiger charge is -2.23. The van der Waals surface area contributed by atoms with Gasteiger partial charge in [-0.2, -0.15) is 0 Å². The number of aliphatic hydroxyl groups excluding tert-OH is 1. The van der Waals surface area contributed by atoms with Gasteiger partial charge >= 0.3 is 0 Å². The Bertz CT molecular complexity index is 805. The van der Waals surface area contributed by atoms with Crippen molar-refractivity contribution in [1.82, 2.24) is 5.32 Å². The van der Waals surface area contributed by atoms with Crippen LogP contribution in [0, 0.1) is 0 Å². The number of benzene rings is 2. The molecule has 0 spiro atoms. The molecule has 0 saturated heterocycles. The van der Waals surface area contributed by atoms with Crippen molar-refractivity contribution >= 4 is 5.91 Å². The number of fused-ring (bicyclic) bond motifs is 1. The molecule has 0 heterocycles. The van der Waals surface area contributed by atoms with Gasteiger partial charge in [0.05, 0.1) is 20.3 Å². The molecule has 0 aliphatic heterocycles. The normalized spacial score (nSPS) is 15.6. The predicted octanol–water partition coefficient (Wildman–Crippen LogP) is 2.77. The number of amides is 1. The van der Waals surface area contributed by atoms with E-state index in [0.29, 0.717) is 23.8 Å². The highest BCUT2D eigenvalue weighted by molar-refractivity contribution is 5.77. The Kier molecular flexibility index (Phi) is 6.19. The fourth-order valence-corrected chi connectivity index (χ4v) is 3.31. The number of rotatable bonds is 7. The Labute approximate surface area is 159 Å². The molecule has 1 aliphatic rings. The summed E-state index contributed by atoms with van der Waals surface area (Å²) in [7, 11) is 3.16. The molecule has 144 valence electrons. The molecule has 0 radical (unpaired) electrons. The number of hydrogen-bond acceptors (Lipinski definition) is 5. The maximum atomic E-state index is 12.2. The summed E-state index contributed by atoms with van der Waals surface area (Å²) < 4.78 is 16.2. The molecule has 0 bridgehead atoms. The molecule has 2 aromatic carbocycles. The quantitative estimate of drug-likeness (QED) is 0.783. The molecule has 6 heteroatoms. The minimum Gasteiger partial charge on any atom is -0.493 e. The van der Waals surface area contributed by atoms with Gasteiger partial charge in [-0.3, -0.25) is 4.79 Å². The van der Waals surface area contributed by atoms with E-state index in [1.54, 1.807) is 20.3 Å². The highest BCUT2D eigenvalue weighted by Gasteiger charge is 2.21. The van der Waals surface area contributed by atoms with Gasteiger partial charge in [0.15, 0.2) is 18.1 Å². The Morgan fingerprint density at radius 2 is 1.96 bits per heavy atom. The van der Waals surface area contributed by atoms with Crippen LogP contribution in [0.4, 0.5) is 0 Å². The summed E-state index contributed by atoms with van der Waals surface area (Å²) in [5.41, 5.74) is 2.81. The van der Waals surface area contributed by atoms with Gasteiger partial charge in [0.25, 0.3) is 5.91 Å². The zero-order chi connectivity index (χ0) is 19.2. The topological polar surface area (TPSA) is 77.0 Å². The average molecular weight is 371 g/mol. The number of aliphatic hydroxyl groups is 1. The van der Waals surface area contributed by atoms with Crippen LogP contribution in [0.15, 0.2) is 36.4 Å². The van der Waals surface area contributed by atoms with Gasteiger partial charge < -0.3 is 24.6 Å². The zero-order valence-electron chi connectivity index (χ0n) is 15.7. The van der Waals surface area contributed by atoms with Crippen LogP contribution in [0.1, 0.15) is 35.6 Å². The molecule has 2 N–H and O–H groups in total. The Hall–Kier alpha value is -2.73. The lowest BCUT2D eigenvalue weighted by atomic mass is 9.89. The maximum Gasteiger partial charge on any atom is 0.258 e. The Balaban J connectivity index is 1.56. The van der Waals surface area contributed by atoms with Crippen LogP contribution < -0.4 is 19.5 Å². The first-order chi connectivity index (χ1) is 13.1. The third kappa shape index (κ3) is 4.52. The van der Waals surface area contributed by atoms with E-state index >= 15 is 0 Å². The SMILES string of the molecule is COc1ccc(CNC(=O)COc2cccc3c2CCC[C@@H]3O)cc1OC. The highest BCUT2D eigenvalue weighted by Crippen LogP contribution is 2.35. The van der Waals surface area contributed by atoms with Crippen LogP contribution in [0.3, 0.4) is 0 Å². The molecule has 1 amide bonds. The summed E-state index contributed by atoms with van der Waals surface area (Å²) in [6.07, 6.45) is 2.09. The van der Waals surface area contributed by atoms with E-state index in [2.05, 4.69) is 5.32 Å². The second kappa shape index (κ2) is 8.77. The first kappa shape index (κ1) is 19.0. The molecule has 0 aromatic heterocycles. The van der Waals surface area contributed by atoms with E-state index in [0.717, 1.165) is 36.0 Å². The molecular formula is C21H25NO5. The van der Waals surface area contributed by atoms with Crippen LogP contribution in [0.5, 0.6) is 17.2 Å². The molecule has 1 atom stereocenters. The second-order valence-corrected chi connectivity index (χ2v) is 6.49. The number of carbonyl (C=O) groups excluding carboxylic acids is 1. The van der Waals surface area contributed by atoms with Crippen molar-refractivity contribution in [1.29, 1.82) is 0 Å². The van der Waals surface area contributed by atoms with E-state index in [9.17, 15) is 9.90 Å². The molecule has 0 unspecified atom stereocenters. The number of hydrogen-bond donors (Lipinski definition) is 2. The summed E-state index contributed by atoms with van der Waals surface area (Å²) in [6.45, 7) is 0.300. The van der Waals surface area contributed by atoms with Crippen molar-refractivity contribution < 1.29 is 24.1 Å². The summed E-state index contributed by atoms with van der Waals surface area (Å²) in [5, 5.41) is 12.9. The van der Waals surface area contributed by atoms with Gasteiger partial charge in [-0.15, -0.1) is 0 Å². The first-order valence-electron chi connectivity index (χ1n) is 9.02. The smallest absolute Gasteiger partial charge is 0.258 e. The van der Waals surface area contributed by atoms with Crippen molar-refractivity contribution in [3.05, 3.63) is 53.1 Å². The van der Waals surface area contributed by atoms with Crippen LogP contribution in [0.2, 0.25) is 0 Å². The number of methoxy groups -OCH3 is 2. The van der Waals surface area contributed by atoms with Crippen LogP contribution in [-0.4, -0.2) is 31.8 Å². The van der Waals surface area contributed by atoms with Gasteiger partial charge in [0.1, 0.15) is 5.75 Å². The van der Waals surface area contributed by atoms with E-state index in [1.165, 1.54) is 0 Å². The molecule has 3 rings (SSSR count). The van der Waals surface area contributed by atoms with Gasteiger partial charge in [0, 0.05) is 6.54 Å². The Morgan fingerprint density at radius 1 is 1.15 bits per heavy atom. The lowest BCUT2D eigenvalue weighted by Crippen LogP contribution is -2.28. The van der Waals surface area contributed by atoms with Gasteiger partial charge in [-0.25, -0.2) is 0 Å². The molecular weight excluding hydrogens is 346 g/mol. The number of nitrogens with one attached hydrogen (secondary N) is 1. The predicted molar refractivity (Wildman–Crippen MR) is 101 cm³/mol.